The molecule has 1 aromatic rings. The second-order valence-electron chi connectivity index (χ2n) is 2.18. The van der Waals surface area contributed by atoms with Crippen molar-refractivity contribution in [3.05, 3.63) is 28.0 Å². The van der Waals surface area contributed by atoms with E-state index in [9.17, 15) is 4.79 Å². The molecule has 0 saturated heterocycles. The molecule has 1 aromatic heterocycles. The first-order valence-electron chi connectivity index (χ1n) is 3.03. The summed E-state index contributed by atoms with van der Waals surface area (Å²) in [5.41, 5.74) is 6.16. The van der Waals surface area contributed by atoms with Crippen LogP contribution in [-0.4, -0.2) is 10.9 Å². The number of aryl methyl sites for hydroxylation is 1. The van der Waals surface area contributed by atoms with Crippen LogP contribution in [0.2, 0.25) is 0 Å². The molecule has 0 aliphatic carbocycles. The van der Waals surface area contributed by atoms with Crippen LogP contribution in [0.5, 0.6) is 0 Å². The number of primary amides is 1. The van der Waals surface area contributed by atoms with Crippen molar-refractivity contribution in [3.63, 3.8) is 0 Å². The third-order valence-corrected chi connectivity index (χ3v) is 1.71. The number of carbonyl (C=O) groups is 1. The zero-order valence-electron chi connectivity index (χ0n) is 5.97. The summed E-state index contributed by atoms with van der Waals surface area (Å²) < 4.78 is 0.847. The van der Waals surface area contributed by atoms with Crippen molar-refractivity contribution >= 4 is 21.8 Å². The third-order valence-electron chi connectivity index (χ3n) is 1.28. The van der Waals surface area contributed by atoms with Gasteiger partial charge in [-0.2, -0.15) is 0 Å². The molecule has 0 aromatic carbocycles. The van der Waals surface area contributed by atoms with Gasteiger partial charge in [0.15, 0.2) is 0 Å². The van der Waals surface area contributed by atoms with E-state index in [1.54, 1.807) is 19.2 Å². The molecule has 3 nitrogen and oxygen atoms in total. The minimum Gasteiger partial charge on any atom is -0.364 e. The summed E-state index contributed by atoms with van der Waals surface area (Å²) in [7, 11) is 0. The van der Waals surface area contributed by atoms with Crippen LogP contribution in [0.25, 0.3) is 0 Å². The number of hydrogen-bond donors (Lipinski definition) is 1. The lowest BCUT2D eigenvalue weighted by molar-refractivity contribution is 0.0995. The zero-order valence-corrected chi connectivity index (χ0v) is 7.55. The van der Waals surface area contributed by atoms with Crippen LogP contribution in [0.1, 0.15) is 16.1 Å². The fraction of sp³-hybridized carbons (Fsp3) is 0.143. The smallest absolute Gasteiger partial charge is 0.267 e. The number of carbonyl (C=O) groups excluding carboxylic acids is 1. The van der Waals surface area contributed by atoms with Crippen LogP contribution in [0.3, 0.4) is 0 Å². The van der Waals surface area contributed by atoms with Crippen molar-refractivity contribution in [2.45, 2.75) is 6.92 Å². The molecule has 1 amide bonds. The lowest BCUT2D eigenvalue weighted by Gasteiger charge is -1.98. The predicted octanol–water partition coefficient (Wildman–Crippen LogP) is 1.25. The molecule has 1 heterocycles. The molecule has 1 rings (SSSR count). The molecule has 0 fully saturated rings. The van der Waals surface area contributed by atoms with Gasteiger partial charge in [-0.05, 0) is 34.5 Å². The third kappa shape index (κ3) is 1.77. The Morgan fingerprint density at radius 3 is 2.82 bits per heavy atom. The summed E-state index contributed by atoms with van der Waals surface area (Å²) in [5, 5.41) is 0. The second-order valence-corrected chi connectivity index (χ2v) is 3.10. The molecule has 0 radical (unpaired) electrons. The van der Waals surface area contributed by atoms with Gasteiger partial charge in [-0.1, -0.05) is 0 Å². The standard InChI is InChI=1S/C7H7BrN2O/c1-4-2-5(8)3-10-6(4)7(9)11/h2-3H,1H3,(H2,9,11). The van der Waals surface area contributed by atoms with E-state index in [4.69, 9.17) is 5.73 Å². The summed E-state index contributed by atoms with van der Waals surface area (Å²) >= 11 is 3.23. The van der Waals surface area contributed by atoms with Crippen molar-refractivity contribution in [1.82, 2.24) is 4.98 Å². The number of amides is 1. The molecule has 2 N–H and O–H groups in total. The highest BCUT2D eigenvalue weighted by molar-refractivity contribution is 9.10. The Hall–Kier alpha value is -0.900. The van der Waals surface area contributed by atoms with E-state index in [-0.39, 0.29) is 0 Å². The van der Waals surface area contributed by atoms with Gasteiger partial charge in [0.05, 0.1) is 0 Å². The van der Waals surface area contributed by atoms with E-state index in [1.807, 2.05) is 0 Å². The van der Waals surface area contributed by atoms with Gasteiger partial charge in [-0.15, -0.1) is 0 Å². The Morgan fingerprint density at radius 1 is 1.73 bits per heavy atom. The van der Waals surface area contributed by atoms with E-state index >= 15 is 0 Å². The van der Waals surface area contributed by atoms with E-state index in [1.165, 1.54) is 0 Å². The van der Waals surface area contributed by atoms with Crippen molar-refractivity contribution in [2.75, 3.05) is 0 Å². The minimum absolute atomic E-state index is 0.327. The molecule has 11 heavy (non-hydrogen) atoms. The molecule has 0 saturated carbocycles. The molecule has 0 aliphatic heterocycles. The van der Waals surface area contributed by atoms with Crippen LogP contribution < -0.4 is 5.73 Å². The Morgan fingerprint density at radius 2 is 2.36 bits per heavy atom. The molecular weight excluding hydrogens is 208 g/mol. The maximum Gasteiger partial charge on any atom is 0.267 e. The highest BCUT2D eigenvalue weighted by atomic mass is 79.9. The monoisotopic (exact) mass is 214 g/mol. The number of hydrogen-bond acceptors (Lipinski definition) is 2. The van der Waals surface area contributed by atoms with Gasteiger partial charge < -0.3 is 5.73 Å². The van der Waals surface area contributed by atoms with Gasteiger partial charge in [-0.25, -0.2) is 4.98 Å². The van der Waals surface area contributed by atoms with Gasteiger partial charge in [0.2, 0.25) is 0 Å². The summed E-state index contributed by atoms with van der Waals surface area (Å²) in [6.07, 6.45) is 1.55. The first-order valence-corrected chi connectivity index (χ1v) is 3.82. The Labute approximate surface area is 72.7 Å². The average molecular weight is 215 g/mol. The molecule has 58 valence electrons. The van der Waals surface area contributed by atoms with Crippen LogP contribution in [0.4, 0.5) is 0 Å². The second kappa shape index (κ2) is 3.00. The minimum atomic E-state index is -0.491. The molecule has 0 unspecified atom stereocenters. The number of halogens is 1. The Kier molecular flexibility index (Phi) is 2.24. The number of nitrogens with two attached hydrogens (primary N) is 1. The van der Waals surface area contributed by atoms with Gasteiger partial charge in [0, 0.05) is 10.7 Å². The SMILES string of the molecule is Cc1cc(Br)cnc1C(N)=O. The van der Waals surface area contributed by atoms with Crippen LogP contribution in [-0.2, 0) is 0 Å². The molecular formula is C7H7BrN2O. The molecule has 0 bridgehead atoms. The van der Waals surface area contributed by atoms with E-state index in [0.717, 1.165) is 10.0 Å². The lowest BCUT2D eigenvalue weighted by atomic mass is 10.2. The number of rotatable bonds is 1. The Bertz CT molecular complexity index is 298. The summed E-state index contributed by atoms with van der Waals surface area (Å²) in [4.78, 5) is 14.5. The van der Waals surface area contributed by atoms with Crippen LogP contribution >= 0.6 is 15.9 Å². The van der Waals surface area contributed by atoms with E-state index in [0.29, 0.717) is 5.69 Å². The summed E-state index contributed by atoms with van der Waals surface area (Å²) in [5.74, 6) is -0.491. The first kappa shape index (κ1) is 8.20. The largest absolute Gasteiger partial charge is 0.364 e. The van der Waals surface area contributed by atoms with Gasteiger partial charge in [0.25, 0.3) is 5.91 Å². The lowest BCUT2D eigenvalue weighted by Crippen LogP contribution is -2.14. The topological polar surface area (TPSA) is 56.0 Å². The Balaban J connectivity index is 3.20. The first-order chi connectivity index (χ1) is 5.11. The van der Waals surface area contributed by atoms with E-state index in [2.05, 4.69) is 20.9 Å². The highest BCUT2D eigenvalue weighted by Crippen LogP contribution is 2.11. The van der Waals surface area contributed by atoms with Crippen LogP contribution in [0, 0.1) is 6.92 Å². The molecule has 4 heteroatoms. The average Bonchev–Trinajstić information content (AvgIpc) is 1.85. The maximum atomic E-state index is 10.7. The molecule has 0 aliphatic rings. The summed E-state index contributed by atoms with van der Waals surface area (Å²) in [6.45, 7) is 1.79. The summed E-state index contributed by atoms with van der Waals surface area (Å²) in [6, 6.07) is 1.80. The number of aromatic nitrogens is 1. The number of pyridine rings is 1. The van der Waals surface area contributed by atoms with Gasteiger partial charge >= 0.3 is 0 Å². The number of nitrogens with zero attached hydrogens (tertiary/aromatic N) is 1. The van der Waals surface area contributed by atoms with Gasteiger partial charge in [0.1, 0.15) is 5.69 Å². The fourth-order valence-electron chi connectivity index (χ4n) is 0.798. The van der Waals surface area contributed by atoms with Crippen molar-refractivity contribution in [2.24, 2.45) is 5.73 Å². The van der Waals surface area contributed by atoms with E-state index < -0.39 is 5.91 Å². The van der Waals surface area contributed by atoms with Crippen LogP contribution in [0.15, 0.2) is 16.7 Å². The highest BCUT2D eigenvalue weighted by Gasteiger charge is 2.05. The molecule has 0 spiro atoms. The maximum absolute atomic E-state index is 10.7. The normalized spacial score (nSPS) is 9.64. The van der Waals surface area contributed by atoms with Gasteiger partial charge in [-0.3, -0.25) is 4.79 Å². The fourth-order valence-corrected chi connectivity index (χ4v) is 1.24. The zero-order chi connectivity index (χ0) is 8.43. The predicted molar refractivity (Wildman–Crippen MR) is 45.2 cm³/mol. The van der Waals surface area contributed by atoms with Crippen molar-refractivity contribution < 1.29 is 4.79 Å². The van der Waals surface area contributed by atoms with Crippen molar-refractivity contribution in [1.29, 1.82) is 0 Å². The molecule has 0 atom stereocenters. The van der Waals surface area contributed by atoms with Crippen molar-refractivity contribution in [3.8, 4) is 0 Å². The quantitative estimate of drug-likeness (QED) is 0.766.